The Kier molecular flexibility index (Phi) is 14.9. The first-order valence-corrected chi connectivity index (χ1v) is 23.4. The number of methoxy groups -OCH3 is 1. The molecule has 0 bridgehead atoms. The van der Waals surface area contributed by atoms with Crippen molar-refractivity contribution in [3.05, 3.63) is 138 Å². The SMILES string of the molecule is COCCOCC[N+]1=C(/C=C/C=C2/N(CCOCCOCCC(=O)NCCC(=O)N3Cc4ccccc4-c4nnn(C)c4-c4ccccc43)c3ccccc3C2(C)C)C(C)(C)c2ccccc21. The molecule has 0 atom stereocenters. The molecule has 67 heavy (non-hydrogen) atoms. The highest BCUT2D eigenvalue weighted by Gasteiger charge is 2.44. The molecule has 3 aliphatic heterocycles. The number of ether oxygens (including phenoxy) is 4. The average molecular weight is 907 g/mol. The highest BCUT2D eigenvalue weighted by molar-refractivity contribution is 6.03. The van der Waals surface area contributed by atoms with E-state index in [0.29, 0.717) is 52.7 Å². The molecule has 8 rings (SSSR count). The predicted molar refractivity (Wildman–Crippen MR) is 263 cm³/mol. The van der Waals surface area contributed by atoms with Gasteiger partial charge in [-0.05, 0) is 43.2 Å². The number of hydrogen-bond acceptors (Lipinski definition) is 9. The van der Waals surface area contributed by atoms with Crippen molar-refractivity contribution in [2.75, 3.05) is 82.8 Å². The van der Waals surface area contributed by atoms with Crippen molar-refractivity contribution in [2.45, 2.75) is 57.9 Å². The molecule has 1 N–H and O–H groups in total. The normalized spacial score (nSPS) is 16.1. The van der Waals surface area contributed by atoms with Crippen molar-refractivity contribution >= 4 is 34.6 Å². The maximum Gasteiger partial charge on any atom is 0.229 e. The summed E-state index contributed by atoms with van der Waals surface area (Å²) in [6.07, 6.45) is 7.06. The number of carbonyl (C=O) groups is 2. The molecule has 0 radical (unpaired) electrons. The summed E-state index contributed by atoms with van der Waals surface area (Å²) in [4.78, 5) is 30.8. The van der Waals surface area contributed by atoms with E-state index >= 15 is 0 Å². The lowest BCUT2D eigenvalue weighted by Crippen LogP contribution is -2.35. The Morgan fingerprint density at radius 3 is 2.22 bits per heavy atom. The first-order valence-electron chi connectivity index (χ1n) is 23.4. The van der Waals surface area contributed by atoms with Crippen LogP contribution in [0.3, 0.4) is 0 Å². The fourth-order valence-electron chi connectivity index (χ4n) is 9.69. The van der Waals surface area contributed by atoms with Crippen LogP contribution in [0.1, 0.15) is 57.2 Å². The number of para-hydroxylation sites is 3. The maximum atomic E-state index is 13.8. The van der Waals surface area contributed by atoms with Gasteiger partial charge in [0.25, 0.3) is 0 Å². The number of benzene rings is 4. The molecule has 0 unspecified atom stereocenters. The second-order valence-corrected chi connectivity index (χ2v) is 18.1. The number of allylic oxidation sites excluding steroid dienone is 4. The summed E-state index contributed by atoms with van der Waals surface area (Å²) < 4.78 is 27.1. The molecule has 350 valence electrons. The maximum absolute atomic E-state index is 13.8. The zero-order valence-corrected chi connectivity index (χ0v) is 39.8. The van der Waals surface area contributed by atoms with Crippen LogP contribution in [0.15, 0.2) is 121 Å². The Morgan fingerprint density at radius 1 is 0.746 bits per heavy atom. The standard InChI is InChI=1S/C54H63N7O6/c1-53(2)42-19-10-13-22-45(42)59(29-32-66-35-34-64-6)47(53)24-15-25-48-54(3,4)43-20-11-14-23-46(43)60(48)30-33-67-37-36-65-31-27-49(62)55-28-26-50(63)61-38-39-16-7-8-17-40(39)51-52(58(5)57-56-51)41-18-9-12-21-44(41)61/h7-25H,26-38H2,1-6H3/p+1. The molecule has 3 aliphatic rings. The van der Waals surface area contributed by atoms with E-state index in [4.69, 9.17) is 18.9 Å². The van der Waals surface area contributed by atoms with E-state index in [0.717, 1.165) is 40.3 Å². The van der Waals surface area contributed by atoms with Crippen LogP contribution >= 0.6 is 0 Å². The fourth-order valence-corrected chi connectivity index (χ4v) is 9.69. The van der Waals surface area contributed by atoms with Gasteiger partial charge in [0.1, 0.15) is 12.3 Å². The summed E-state index contributed by atoms with van der Waals surface area (Å²) in [7, 11) is 3.55. The molecule has 4 heterocycles. The highest BCUT2D eigenvalue weighted by atomic mass is 16.5. The van der Waals surface area contributed by atoms with Crippen molar-refractivity contribution < 1.29 is 33.1 Å². The van der Waals surface area contributed by atoms with E-state index < -0.39 is 0 Å². The Balaban J connectivity index is 0.809. The van der Waals surface area contributed by atoms with Gasteiger partial charge in [0.2, 0.25) is 17.5 Å². The Hall–Kier alpha value is -6.25. The van der Waals surface area contributed by atoms with Crippen LogP contribution in [0.25, 0.3) is 22.5 Å². The van der Waals surface area contributed by atoms with Gasteiger partial charge in [-0.25, -0.2) is 4.68 Å². The minimum atomic E-state index is -0.210. The number of aromatic nitrogens is 3. The number of nitrogens with zero attached hydrogens (tertiary/aromatic N) is 6. The topological polar surface area (TPSA) is 123 Å². The van der Waals surface area contributed by atoms with Crippen LogP contribution < -0.4 is 15.1 Å². The molecule has 0 aliphatic carbocycles. The summed E-state index contributed by atoms with van der Waals surface area (Å²) in [6, 6.07) is 33.1. The number of carbonyl (C=O) groups excluding carboxylic acids is 2. The zero-order valence-electron chi connectivity index (χ0n) is 39.8. The second-order valence-electron chi connectivity index (χ2n) is 18.1. The number of anilines is 2. The third-order valence-electron chi connectivity index (χ3n) is 13.1. The summed E-state index contributed by atoms with van der Waals surface area (Å²) in [5.41, 5.74) is 12.3. The molecular formula is C54H64N7O6+. The van der Waals surface area contributed by atoms with Gasteiger partial charge in [0.05, 0.1) is 63.0 Å². The number of amides is 2. The first kappa shape index (κ1) is 47.3. The molecule has 0 fully saturated rings. The van der Waals surface area contributed by atoms with E-state index in [2.05, 4.69) is 120 Å². The average Bonchev–Trinajstić information content (AvgIpc) is 3.88. The minimum absolute atomic E-state index is 0.0871. The van der Waals surface area contributed by atoms with Gasteiger partial charge in [-0.3, -0.25) is 9.59 Å². The van der Waals surface area contributed by atoms with E-state index in [1.54, 1.807) is 16.7 Å². The number of rotatable bonds is 20. The molecule has 5 aromatic rings. The van der Waals surface area contributed by atoms with E-state index in [1.807, 2.05) is 55.6 Å². The quantitative estimate of drug-likeness (QED) is 0.0614. The van der Waals surface area contributed by atoms with Crippen LogP contribution in [-0.2, 0) is 53.0 Å². The van der Waals surface area contributed by atoms with Crippen LogP contribution in [0, 0.1) is 0 Å². The molecular weight excluding hydrogens is 843 g/mol. The van der Waals surface area contributed by atoms with Gasteiger partial charge in [0, 0.05) is 85.7 Å². The summed E-state index contributed by atoms with van der Waals surface area (Å²) in [6.45, 7) is 14.5. The van der Waals surface area contributed by atoms with Crippen LogP contribution in [0.2, 0.25) is 0 Å². The largest absolute Gasteiger partial charge is 0.382 e. The van der Waals surface area contributed by atoms with Crippen molar-refractivity contribution in [1.29, 1.82) is 0 Å². The minimum Gasteiger partial charge on any atom is -0.382 e. The number of fused-ring (bicyclic) bond motifs is 7. The van der Waals surface area contributed by atoms with E-state index in [9.17, 15) is 9.59 Å². The Bertz CT molecular complexity index is 2660. The lowest BCUT2D eigenvalue weighted by Gasteiger charge is -2.28. The number of hydrogen-bond donors (Lipinski definition) is 1. The number of nitrogens with one attached hydrogen (secondary N) is 1. The summed E-state index contributed by atoms with van der Waals surface area (Å²) in [5, 5.41) is 11.7. The van der Waals surface area contributed by atoms with Gasteiger partial charge in [-0.2, -0.15) is 4.58 Å². The molecule has 13 nitrogen and oxygen atoms in total. The zero-order chi connectivity index (χ0) is 47.0. The molecule has 13 heteroatoms. The summed E-state index contributed by atoms with van der Waals surface area (Å²) in [5.74, 6) is -0.253. The lowest BCUT2D eigenvalue weighted by atomic mass is 9.81. The fraction of sp³-hybridized carbons (Fsp3) is 0.389. The number of aryl methyl sites for hydroxylation is 1. The van der Waals surface area contributed by atoms with Gasteiger partial charge in [0.15, 0.2) is 12.3 Å². The van der Waals surface area contributed by atoms with Gasteiger partial charge < -0.3 is 34.1 Å². The molecule has 4 aromatic carbocycles. The lowest BCUT2D eigenvalue weighted by molar-refractivity contribution is -0.442. The monoisotopic (exact) mass is 906 g/mol. The third kappa shape index (κ3) is 10.1. The van der Waals surface area contributed by atoms with Crippen LogP contribution in [0.4, 0.5) is 17.1 Å². The first-order chi connectivity index (χ1) is 32.5. The van der Waals surface area contributed by atoms with Crippen LogP contribution in [0.5, 0.6) is 0 Å². The predicted octanol–water partition coefficient (Wildman–Crippen LogP) is 7.90. The Labute approximate surface area is 394 Å². The molecule has 0 saturated heterocycles. The smallest absolute Gasteiger partial charge is 0.229 e. The molecule has 0 spiro atoms. The van der Waals surface area contributed by atoms with Crippen molar-refractivity contribution in [3.8, 4) is 22.5 Å². The van der Waals surface area contributed by atoms with Gasteiger partial charge in [-0.15, -0.1) is 5.10 Å². The highest BCUT2D eigenvalue weighted by Crippen LogP contribution is 2.48. The molecule has 1 aromatic heterocycles. The van der Waals surface area contributed by atoms with E-state index in [-0.39, 0.29) is 48.6 Å². The summed E-state index contributed by atoms with van der Waals surface area (Å²) >= 11 is 0. The van der Waals surface area contributed by atoms with Crippen molar-refractivity contribution in [3.63, 3.8) is 0 Å². The second kappa shape index (κ2) is 21.1. The molecule has 2 amide bonds. The van der Waals surface area contributed by atoms with Crippen molar-refractivity contribution in [2.24, 2.45) is 7.05 Å². The van der Waals surface area contributed by atoms with Crippen LogP contribution in [-0.4, -0.2) is 110 Å². The third-order valence-corrected chi connectivity index (χ3v) is 13.1. The van der Waals surface area contributed by atoms with Crippen molar-refractivity contribution in [1.82, 2.24) is 20.3 Å². The Morgan fingerprint density at radius 2 is 1.42 bits per heavy atom. The van der Waals surface area contributed by atoms with Gasteiger partial charge >= 0.3 is 0 Å². The molecule has 0 saturated carbocycles. The van der Waals surface area contributed by atoms with E-state index in [1.165, 1.54) is 33.9 Å². The van der Waals surface area contributed by atoms with Gasteiger partial charge in [-0.1, -0.05) is 104 Å².